The van der Waals surface area contributed by atoms with Crippen molar-refractivity contribution in [3.63, 3.8) is 0 Å². The van der Waals surface area contributed by atoms with Crippen molar-refractivity contribution in [2.24, 2.45) is 0 Å². The highest BCUT2D eigenvalue weighted by Crippen LogP contribution is 2.19. The Morgan fingerprint density at radius 2 is 2.37 bits per heavy atom. The molecule has 1 aliphatic heterocycles. The summed E-state index contributed by atoms with van der Waals surface area (Å²) in [6, 6.07) is 6.01. The highest BCUT2D eigenvalue weighted by atomic mass is 32.2. The molecule has 1 unspecified atom stereocenters. The predicted molar refractivity (Wildman–Crippen MR) is 82.6 cm³/mol. The second-order valence-corrected chi connectivity index (χ2v) is 6.17. The Hall–Kier alpha value is -1.20. The number of carbonyl (C=O) groups is 1. The lowest BCUT2D eigenvalue weighted by Crippen LogP contribution is -2.44. The van der Waals surface area contributed by atoms with Gasteiger partial charge >= 0.3 is 0 Å². The highest BCUT2D eigenvalue weighted by Gasteiger charge is 2.20. The molecule has 4 nitrogen and oxygen atoms in total. The molecule has 0 radical (unpaired) electrons. The topological polar surface area (TPSA) is 58.4 Å². The van der Waals surface area contributed by atoms with E-state index in [1.54, 1.807) is 0 Å². The number of thioether (sulfide) groups is 1. The van der Waals surface area contributed by atoms with Gasteiger partial charge in [0.15, 0.2) is 0 Å². The summed E-state index contributed by atoms with van der Waals surface area (Å²) in [6.07, 6.45) is 0. The van der Waals surface area contributed by atoms with Crippen LogP contribution in [0.25, 0.3) is 0 Å². The lowest BCUT2D eigenvalue weighted by atomic mass is 10.2. The Morgan fingerprint density at radius 3 is 3.05 bits per heavy atom. The Balaban J connectivity index is 1.93. The van der Waals surface area contributed by atoms with Crippen molar-refractivity contribution in [2.75, 3.05) is 35.6 Å². The van der Waals surface area contributed by atoms with Gasteiger partial charge in [-0.15, -0.1) is 0 Å². The molecule has 1 atom stereocenters. The zero-order chi connectivity index (χ0) is 13.8. The molecule has 5 heteroatoms. The van der Waals surface area contributed by atoms with Gasteiger partial charge in [-0.1, -0.05) is 0 Å². The summed E-state index contributed by atoms with van der Waals surface area (Å²) < 4.78 is 0. The maximum Gasteiger partial charge on any atom is 0.238 e. The minimum atomic E-state index is 0.0478. The summed E-state index contributed by atoms with van der Waals surface area (Å²) in [5.41, 5.74) is 8.26. The van der Waals surface area contributed by atoms with Crippen LogP contribution in [-0.2, 0) is 4.79 Å². The van der Waals surface area contributed by atoms with Crippen LogP contribution >= 0.6 is 11.8 Å². The van der Waals surface area contributed by atoms with Crippen molar-refractivity contribution in [2.45, 2.75) is 19.9 Å². The second kappa shape index (κ2) is 6.30. The van der Waals surface area contributed by atoms with Gasteiger partial charge < -0.3 is 11.1 Å². The molecule has 104 valence electrons. The number of nitrogens with zero attached hydrogens (tertiary/aromatic N) is 1. The van der Waals surface area contributed by atoms with Gasteiger partial charge in [0.1, 0.15) is 0 Å². The number of hydrogen-bond acceptors (Lipinski definition) is 4. The largest absolute Gasteiger partial charge is 0.399 e. The molecule has 1 aliphatic rings. The van der Waals surface area contributed by atoms with Crippen molar-refractivity contribution in [3.8, 4) is 0 Å². The van der Waals surface area contributed by atoms with Crippen LogP contribution in [0.1, 0.15) is 12.5 Å². The molecular weight excluding hydrogens is 258 g/mol. The van der Waals surface area contributed by atoms with E-state index in [4.69, 9.17) is 5.73 Å². The van der Waals surface area contributed by atoms with Gasteiger partial charge in [-0.2, -0.15) is 11.8 Å². The quantitative estimate of drug-likeness (QED) is 0.830. The third-order valence-corrected chi connectivity index (χ3v) is 4.57. The first-order valence-electron chi connectivity index (χ1n) is 6.54. The number of anilines is 2. The number of aryl methyl sites for hydroxylation is 1. The van der Waals surface area contributed by atoms with Crippen LogP contribution in [0.3, 0.4) is 0 Å². The summed E-state index contributed by atoms with van der Waals surface area (Å²) >= 11 is 1.95. The molecule has 1 aromatic carbocycles. The molecule has 0 aliphatic carbocycles. The molecular formula is C14H21N3OS. The molecule has 1 fully saturated rings. The van der Waals surface area contributed by atoms with Crippen LogP contribution in [-0.4, -0.2) is 41.4 Å². The second-order valence-electron chi connectivity index (χ2n) is 5.02. The number of nitrogens with one attached hydrogen (secondary N) is 1. The zero-order valence-electron chi connectivity index (χ0n) is 11.5. The number of benzene rings is 1. The summed E-state index contributed by atoms with van der Waals surface area (Å²) in [5.74, 6) is 2.26. The van der Waals surface area contributed by atoms with E-state index >= 15 is 0 Å². The van der Waals surface area contributed by atoms with Crippen LogP contribution in [0, 0.1) is 6.92 Å². The van der Waals surface area contributed by atoms with E-state index in [1.165, 1.54) is 0 Å². The number of rotatable bonds is 3. The first kappa shape index (κ1) is 14.2. The molecule has 3 N–H and O–H groups in total. The molecule has 0 saturated carbocycles. The minimum Gasteiger partial charge on any atom is -0.399 e. The minimum absolute atomic E-state index is 0.0478. The van der Waals surface area contributed by atoms with Crippen molar-refractivity contribution in [3.05, 3.63) is 23.8 Å². The van der Waals surface area contributed by atoms with Crippen molar-refractivity contribution in [1.82, 2.24) is 4.90 Å². The number of nitrogen functional groups attached to an aromatic ring is 1. The fraction of sp³-hybridized carbons (Fsp3) is 0.500. The molecule has 19 heavy (non-hydrogen) atoms. The average molecular weight is 279 g/mol. The molecule has 0 bridgehead atoms. The average Bonchev–Trinajstić information content (AvgIpc) is 2.36. The molecule has 1 aromatic rings. The van der Waals surface area contributed by atoms with Gasteiger partial charge in [-0.25, -0.2) is 0 Å². The van der Waals surface area contributed by atoms with Crippen molar-refractivity contribution >= 4 is 29.0 Å². The maximum atomic E-state index is 12.1. The summed E-state index contributed by atoms with van der Waals surface area (Å²) in [6.45, 7) is 5.57. The molecule has 1 saturated heterocycles. The SMILES string of the molecule is Cc1cc(N)ccc1NC(=O)CN1CCSCC1C. The Morgan fingerprint density at radius 1 is 1.58 bits per heavy atom. The molecule has 1 heterocycles. The van der Waals surface area contributed by atoms with E-state index in [1.807, 2.05) is 36.9 Å². The van der Waals surface area contributed by atoms with Gasteiger partial charge in [0, 0.05) is 35.5 Å². The fourth-order valence-electron chi connectivity index (χ4n) is 2.20. The van der Waals surface area contributed by atoms with Gasteiger partial charge in [0.05, 0.1) is 6.54 Å². The number of hydrogen-bond donors (Lipinski definition) is 2. The van der Waals surface area contributed by atoms with Gasteiger partial charge in [0.25, 0.3) is 0 Å². The molecule has 2 rings (SSSR count). The van der Waals surface area contributed by atoms with Crippen LogP contribution in [0.4, 0.5) is 11.4 Å². The van der Waals surface area contributed by atoms with E-state index in [0.29, 0.717) is 12.6 Å². The zero-order valence-corrected chi connectivity index (χ0v) is 12.3. The third kappa shape index (κ3) is 3.88. The monoisotopic (exact) mass is 279 g/mol. The maximum absolute atomic E-state index is 12.1. The van der Waals surface area contributed by atoms with Gasteiger partial charge in [0.2, 0.25) is 5.91 Å². The van der Waals surface area contributed by atoms with Gasteiger partial charge in [-0.3, -0.25) is 9.69 Å². The van der Waals surface area contributed by atoms with E-state index in [0.717, 1.165) is 35.0 Å². The van der Waals surface area contributed by atoms with Crippen LogP contribution < -0.4 is 11.1 Å². The summed E-state index contributed by atoms with van der Waals surface area (Å²) in [4.78, 5) is 14.3. The normalized spacial score (nSPS) is 20.2. The third-order valence-electron chi connectivity index (χ3n) is 3.38. The molecule has 1 amide bonds. The van der Waals surface area contributed by atoms with Crippen LogP contribution in [0.5, 0.6) is 0 Å². The van der Waals surface area contributed by atoms with Crippen LogP contribution in [0.2, 0.25) is 0 Å². The smallest absolute Gasteiger partial charge is 0.238 e. The lowest BCUT2D eigenvalue weighted by Gasteiger charge is -2.32. The molecule has 0 aromatic heterocycles. The predicted octanol–water partition coefficient (Wildman–Crippen LogP) is 1.95. The Kier molecular flexibility index (Phi) is 4.71. The Bertz CT molecular complexity index is 464. The first-order chi connectivity index (χ1) is 9.06. The standard InChI is InChI=1S/C14H21N3OS/c1-10-7-12(15)3-4-13(10)16-14(18)8-17-5-6-19-9-11(17)2/h3-4,7,11H,5-6,8-9,15H2,1-2H3,(H,16,18). The summed E-state index contributed by atoms with van der Waals surface area (Å²) in [7, 11) is 0. The lowest BCUT2D eigenvalue weighted by molar-refractivity contribution is -0.117. The van der Waals surface area contributed by atoms with E-state index < -0.39 is 0 Å². The van der Waals surface area contributed by atoms with Crippen molar-refractivity contribution < 1.29 is 4.79 Å². The Labute approximate surface area is 118 Å². The van der Waals surface area contributed by atoms with Gasteiger partial charge in [-0.05, 0) is 37.6 Å². The number of carbonyl (C=O) groups excluding carboxylic acids is 1. The molecule has 0 spiro atoms. The first-order valence-corrected chi connectivity index (χ1v) is 7.69. The van der Waals surface area contributed by atoms with E-state index in [9.17, 15) is 4.79 Å². The van der Waals surface area contributed by atoms with Crippen molar-refractivity contribution in [1.29, 1.82) is 0 Å². The van der Waals surface area contributed by atoms with E-state index in [2.05, 4.69) is 17.1 Å². The van der Waals surface area contributed by atoms with Crippen LogP contribution in [0.15, 0.2) is 18.2 Å². The fourth-order valence-corrected chi connectivity index (χ4v) is 3.28. The van der Waals surface area contributed by atoms with E-state index in [-0.39, 0.29) is 5.91 Å². The highest BCUT2D eigenvalue weighted by molar-refractivity contribution is 7.99. The number of nitrogens with two attached hydrogens (primary N) is 1. The number of amides is 1. The summed E-state index contributed by atoms with van der Waals surface area (Å²) in [5, 5.41) is 2.96.